The number of rotatable bonds is 6. The molecular formula is C21H35N5O. The molecule has 1 fully saturated rings. The van der Waals surface area contributed by atoms with Crippen molar-refractivity contribution in [3.05, 3.63) is 35.9 Å². The highest BCUT2D eigenvalue weighted by atomic mass is 16.2. The predicted octanol–water partition coefficient (Wildman–Crippen LogP) is 2.24. The Balaban J connectivity index is 2.01. The van der Waals surface area contributed by atoms with Crippen molar-refractivity contribution in [1.29, 1.82) is 0 Å². The summed E-state index contributed by atoms with van der Waals surface area (Å²) in [6, 6.07) is 11.4. The maximum absolute atomic E-state index is 12.0. The van der Waals surface area contributed by atoms with Crippen LogP contribution in [0.4, 0.5) is 0 Å². The first-order chi connectivity index (χ1) is 12.9. The molecule has 0 aromatic heterocycles. The molecule has 1 aliphatic rings. The van der Waals surface area contributed by atoms with Gasteiger partial charge in [0.1, 0.15) is 6.54 Å². The highest BCUT2D eigenvalue weighted by Crippen LogP contribution is 2.14. The summed E-state index contributed by atoms with van der Waals surface area (Å²) < 4.78 is 0. The third-order valence-electron chi connectivity index (χ3n) is 5.12. The maximum atomic E-state index is 12.0. The van der Waals surface area contributed by atoms with E-state index in [0.717, 1.165) is 25.9 Å². The molecule has 1 saturated heterocycles. The van der Waals surface area contributed by atoms with Gasteiger partial charge < -0.3 is 20.4 Å². The molecule has 1 aliphatic heterocycles. The number of likely N-dealkylation sites (tertiary alicyclic amines) is 1. The van der Waals surface area contributed by atoms with Gasteiger partial charge in [-0.05, 0) is 39.2 Å². The van der Waals surface area contributed by atoms with E-state index in [2.05, 4.69) is 53.4 Å². The SMILES string of the molecule is CC(NC(=NCC(=O)N(C)C)NC1CCN(C(C)C)CC1)c1ccccc1. The van der Waals surface area contributed by atoms with Gasteiger partial charge in [0.05, 0.1) is 6.04 Å². The van der Waals surface area contributed by atoms with Crippen molar-refractivity contribution < 1.29 is 4.79 Å². The first kappa shape index (κ1) is 21.2. The molecule has 6 nitrogen and oxygen atoms in total. The number of hydrogen-bond acceptors (Lipinski definition) is 3. The Bertz CT molecular complexity index is 606. The van der Waals surface area contributed by atoms with Crippen LogP contribution in [-0.4, -0.2) is 67.5 Å². The monoisotopic (exact) mass is 373 g/mol. The third kappa shape index (κ3) is 6.86. The molecule has 1 unspecified atom stereocenters. The van der Waals surface area contributed by atoms with E-state index in [1.54, 1.807) is 19.0 Å². The van der Waals surface area contributed by atoms with Crippen LogP contribution in [0.15, 0.2) is 35.3 Å². The molecule has 2 rings (SSSR count). The Labute approximate surface area is 164 Å². The van der Waals surface area contributed by atoms with Gasteiger partial charge in [-0.25, -0.2) is 4.99 Å². The summed E-state index contributed by atoms with van der Waals surface area (Å²) >= 11 is 0. The van der Waals surface area contributed by atoms with Gasteiger partial charge in [-0.2, -0.15) is 0 Å². The minimum absolute atomic E-state index is 0.00177. The van der Waals surface area contributed by atoms with Crippen molar-refractivity contribution in [2.75, 3.05) is 33.7 Å². The molecule has 1 aromatic rings. The molecule has 0 aliphatic carbocycles. The summed E-state index contributed by atoms with van der Waals surface area (Å²) in [6.07, 6.45) is 2.17. The number of likely N-dealkylation sites (N-methyl/N-ethyl adjacent to an activating group) is 1. The Kier molecular flexibility index (Phi) is 8.10. The number of benzene rings is 1. The minimum Gasteiger partial charge on any atom is -0.354 e. The Morgan fingerprint density at radius 3 is 2.37 bits per heavy atom. The average molecular weight is 374 g/mol. The van der Waals surface area contributed by atoms with E-state index in [9.17, 15) is 4.79 Å². The summed E-state index contributed by atoms with van der Waals surface area (Å²) in [5.41, 5.74) is 1.19. The maximum Gasteiger partial charge on any atom is 0.243 e. The Morgan fingerprint density at radius 2 is 1.81 bits per heavy atom. The van der Waals surface area contributed by atoms with Gasteiger partial charge in [-0.15, -0.1) is 0 Å². The zero-order valence-corrected chi connectivity index (χ0v) is 17.4. The number of amides is 1. The predicted molar refractivity (Wildman–Crippen MR) is 112 cm³/mol. The van der Waals surface area contributed by atoms with Crippen molar-refractivity contribution in [3.63, 3.8) is 0 Å². The lowest BCUT2D eigenvalue weighted by Crippen LogP contribution is -2.50. The van der Waals surface area contributed by atoms with E-state index in [1.807, 2.05) is 18.2 Å². The molecule has 0 saturated carbocycles. The summed E-state index contributed by atoms with van der Waals surface area (Å²) in [5.74, 6) is 0.711. The smallest absolute Gasteiger partial charge is 0.243 e. The summed E-state index contributed by atoms with van der Waals surface area (Å²) in [4.78, 5) is 20.6. The average Bonchev–Trinajstić information content (AvgIpc) is 2.66. The highest BCUT2D eigenvalue weighted by Gasteiger charge is 2.22. The number of nitrogens with one attached hydrogen (secondary N) is 2. The van der Waals surface area contributed by atoms with Gasteiger partial charge in [0.2, 0.25) is 5.91 Å². The summed E-state index contributed by atoms with van der Waals surface area (Å²) in [7, 11) is 3.51. The zero-order chi connectivity index (χ0) is 19.8. The van der Waals surface area contributed by atoms with Gasteiger partial charge in [-0.3, -0.25) is 4.79 Å². The van der Waals surface area contributed by atoms with Crippen LogP contribution < -0.4 is 10.6 Å². The number of piperidine rings is 1. The Hall–Kier alpha value is -2.08. The van der Waals surface area contributed by atoms with E-state index in [1.165, 1.54) is 5.56 Å². The van der Waals surface area contributed by atoms with Crippen molar-refractivity contribution >= 4 is 11.9 Å². The molecule has 6 heteroatoms. The summed E-state index contributed by atoms with van der Waals surface area (Å²) in [6.45, 7) is 8.94. The van der Waals surface area contributed by atoms with Gasteiger partial charge in [-0.1, -0.05) is 30.3 Å². The second-order valence-electron chi connectivity index (χ2n) is 7.78. The first-order valence-electron chi connectivity index (χ1n) is 9.93. The molecule has 0 bridgehead atoms. The van der Waals surface area contributed by atoms with Crippen molar-refractivity contribution in [3.8, 4) is 0 Å². The molecule has 0 radical (unpaired) electrons. The van der Waals surface area contributed by atoms with E-state index in [0.29, 0.717) is 18.0 Å². The number of hydrogen-bond donors (Lipinski definition) is 2. The third-order valence-corrected chi connectivity index (χ3v) is 5.12. The van der Waals surface area contributed by atoms with Crippen molar-refractivity contribution in [2.45, 2.75) is 51.7 Å². The van der Waals surface area contributed by atoms with Crippen LogP contribution >= 0.6 is 0 Å². The van der Waals surface area contributed by atoms with Crippen LogP contribution in [0.3, 0.4) is 0 Å². The van der Waals surface area contributed by atoms with Crippen molar-refractivity contribution in [2.24, 2.45) is 4.99 Å². The molecule has 1 amide bonds. The molecule has 1 atom stereocenters. The molecule has 1 aromatic carbocycles. The van der Waals surface area contributed by atoms with Crippen LogP contribution in [0.25, 0.3) is 0 Å². The van der Waals surface area contributed by atoms with Crippen molar-refractivity contribution in [1.82, 2.24) is 20.4 Å². The van der Waals surface area contributed by atoms with Gasteiger partial charge in [0, 0.05) is 39.3 Å². The number of guanidine groups is 1. The number of nitrogens with zero attached hydrogens (tertiary/aromatic N) is 3. The number of carbonyl (C=O) groups excluding carboxylic acids is 1. The molecule has 0 spiro atoms. The molecule has 1 heterocycles. The van der Waals surface area contributed by atoms with E-state index in [-0.39, 0.29) is 18.5 Å². The van der Waals surface area contributed by atoms with E-state index >= 15 is 0 Å². The largest absolute Gasteiger partial charge is 0.354 e. The highest BCUT2D eigenvalue weighted by molar-refractivity contribution is 5.85. The fraction of sp³-hybridized carbons (Fsp3) is 0.619. The lowest BCUT2D eigenvalue weighted by atomic mass is 10.0. The first-order valence-corrected chi connectivity index (χ1v) is 9.93. The van der Waals surface area contributed by atoms with Crippen LogP contribution in [0.5, 0.6) is 0 Å². The lowest BCUT2D eigenvalue weighted by molar-refractivity contribution is -0.127. The van der Waals surface area contributed by atoms with Gasteiger partial charge in [0.15, 0.2) is 5.96 Å². The standard InChI is InChI=1S/C21H35N5O/c1-16(2)26-13-11-19(12-14-26)24-21(22-15-20(27)25(4)5)23-17(3)18-9-7-6-8-10-18/h6-10,16-17,19H,11-15H2,1-5H3,(H2,22,23,24). The second kappa shape index (κ2) is 10.3. The number of aliphatic imine (C=N–C) groups is 1. The molecule has 2 N–H and O–H groups in total. The topological polar surface area (TPSA) is 60.0 Å². The molecular weight excluding hydrogens is 338 g/mol. The second-order valence-corrected chi connectivity index (χ2v) is 7.78. The van der Waals surface area contributed by atoms with Gasteiger partial charge >= 0.3 is 0 Å². The van der Waals surface area contributed by atoms with Crippen LogP contribution in [-0.2, 0) is 4.79 Å². The van der Waals surface area contributed by atoms with Gasteiger partial charge in [0.25, 0.3) is 0 Å². The quantitative estimate of drug-likeness (QED) is 0.593. The Morgan fingerprint density at radius 1 is 1.19 bits per heavy atom. The van der Waals surface area contributed by atoms with E-state index in [4.69, 9.17) is 0 Å². The normalized spacial score (nSPS) is 17.6. The van der Waals surface area contributed by atoms with Crippen LogP contribution in [0, 0.1) is 0 Å². The van der Waals surface area contributed by atoms with Crippen LogP contribution in [0.2, 0.25) is 0 Å². The fourth-order valence-electron chi connectivity index (χ4n) is 3.20. The van der Waals surface area contributed by atoms with E-state index < -0.39 is 0 Å². The zero-order valence-electron chi connectivity index (χ0n) is 17.4. The summed E-state index contributed by atoms with van der Waals surface area (Å²) in [5, 5.41) is 7.02. The fourth-order valence-corrected chi connectivity index (χ4v) is 3.20. The number of carbonyl (C=O) groups is 1. The molecule has 150 valence electrons. The molecule has 27 heavy (non-hydrogen) atoms. The minimum atomic E-state index is -0.00177. The van der Waals surface area contributed by atoms with Crippen LogP contribution in [0.1, 0.15) is 45.2 Å². The lowest BCUT2D eigenvalue weighted by Gasteiger charge is -2.35.